The van der Waals surface area contributed by atoms with Gasteiger partial charge in [0.2, 0.25) is 0 Å². The minimum absolute atomic E-state index is 0.0631. The Morgan fingerprint density at radius 2 is 1.67 bits per heavy atom. The summed E-state index contributed by atoms with van der Waals surface area (Å²) in [5, 5.41) is 10.9. The van der Waals surface area contributed by atoms with Crippen LogP contribution in [-0.2, 0) is 4.79 Å². The molecule has 104 valence electrons. The number of fused-ring (bicyclic) bond motifs is 1. The molecule has 3 atom stereocenters. The molecule has 2 aliphatic rings. The van der Waals surface area contributed by atoms with Crippen LogP contribution in [0.1, 0.15) is 77.6 Å². The molecule has 2 heteroatoms. The molecule has 0 heterocycles. The second-order valence-corrected chi connectivity index (χ2v) is 6.65. The summed E-state index contributed by atoms with van der Waals surface area (Å²) in [5.74, 6) is 0.631. The number of aliphatic hydroxyl groups is 1. The fourth-order valence-electron chi connectivity index (χ4n) is 3.97. The maximum absolute atomic E-state index is 12.2. The lowest BCUT2D eigenvalue weighted by molar-refractivity contribution is -0.143. The number of carbonyl (C=O) groups is 1. The monoisotopic (exact) mass is 252 g/mol. The van der Waals surface area contributed by atoms with Crippen LogP contribution in [0, 0.1) is 11.8 Å². The van der Waals surface area contributed by atoms with Gasteiger partial charge in [0, 0.05) is 12.3 Å². The lowest BCUT2D eigenvalue weighted by atomic mass is 9.67. The minimum atomic E-state index is -0.681. The number of hydrogen-bond acceptors (Lipinski definition) is 2. The van der Waals surface area contributed by atoms with Crippen LogP contribution in [0.5, 0.6) is 0 Å². The van der Waals surface area contributed by atoms with Gasteiger partial charge in [-0.2, -0.15) is 0 Å². The van der Waals surface area contributed by atoms with Crippen molar-refractivity contribution in [3.05, 3.63) is 0 Å². The van der Waals surface area contributed by atoms with Gasteiger partial charge in [0.15, 0.2) is 0 Å². The summed E-state index contributed by atoms with van der Waals surface area (Å²) >= 11 is 0. The number of Topliss-reactive ketones (excluding diaryl/α,β-unsaturated/α-hetero) is 1. The predicted octanol–water partition coefficient (Wildman–Crippen LogP) is 3.86. The quantitative estimate of drug-likeness (QED) is 0.711. The van der Waals surface area contributed by atoms with E-state index in [9.17, 15) is 9.90 Å². The summed E-state index contributed by atoms with van der Waals surface area (Å²) in [5.41, 5.74) is -0.681. The smallest absolute Gasteiger partial charge is 0.139 e. The second-order valence-electron chi connectivity index (χ2n) is 6.65. The van der Waals surface area contributed by atoms with Gasteiger partial charge in [-0.05, 0) is 25.2 Å². The topological polar surface area (TPSA) is 37.3 Å². The lowest BCUT2D eigenvalue weighted by Gasteiger charge is -2.42. The highest BCUT2D eigenvalue weighted by molar-refractivity contribution is 5.83. The summed E-state index contributed by atoms with van der Waals surface area (Å²) in [6.07, 6.45) is 11.9. The van der Waals surface area contributed by atoms with Crippen molar-refractivity contribution in [1.82, 2.24) is 0 Å². The van der Waals surface area contributed by atoms with E-state index in [1.54, 1.807) is 0 Å². The molecule has 0 aromatic rings. The summed E-state index contributed by atoms with van der Waals surface area (Å²) in [4.78, 5) is 12.2. The molecular weight excluding hydrogens is 224 g/mol. The van der Waals surface area contributed by atoms with Crippen molar-refractivity contribution in [2.24, 2.45) is 11.8 Å². The summed E-state index contributed by atoms with van der Waals surface area (Å²) < 4.78 is 0. The third kappa shape index (κ3) is 3.34. The van der Waals surface area contributed by atoms with Crippen LogP contribution >= 0.6 is 0 Å². The molecule has 2 saturated carbocycles. The van der Waals surface area contributed by atoms with Gasteiger partial charge in [0.05, 0.1) is 5.60 Å². The summed E-state index contributed by atoms with van der Waals surface area (Å²) in [6.45, 7) is 2.11. The standard InChI is InChI=1S/C16H28O2/c1-13-11-15(17)14-9-7-5-3-2-4-6-8-10-16(14,18)12-13/h13-14,18H,2-12H2,1H3/t13-,14+,16+/m1/s1. The Labute approximate surface area is 111 Å². The Bertz CT molecular complexity index is 287. The van der Waals surface area contributed by atoms with Gasteiger partial charge >= 0.3 is 0 Å². The van der Waals surface area contributed by atoms with E-state index in [-0.39, 0.29) is 5.92 Å². The Morgan fingerprint density at radius 1 is 1.06 bits per heavy atom. The van der Waals surface area contributed by atoms with Gasteiger partial charge in [-0.1, -0.05) is 51.9 Å². The van der Waals surface area contributed by atoms with Crippen LogP contribution in [0.2, 0.25) is 0 Å². The maximum atomic E-state index is 12.2. The van der Waals surface area contributed by atoms with Crippen molar-refractivity contribution >= 4 is 5.78 Å². The first-order valence-electron chi connectivity index (χ1n) is 7.87. The lowest BCUT2D eigenvalue weighted by Crippen LogP contribution is -2.48. The third-order valence-electron chi connectivity index (χ3n) is 4.89. The van der Waals surface area contributed by atoms with E-state index in [0.29, 0.717) is 18.1 Å². The normalized spacial score (nSPS) is 39.8. The number of hydrogen-bond donors (Lipinski definition) is 1. The molecule has 0 unspecified atom stereocenters. The zero-order valence-corrected chi connectivity index (χ0v) is 11.8. The fourth-order valence-corrected chi connectivity index (χ4v) is 3.97. The van der Waals surface area contributed by atoms with E-state index in [4.69, 9.17) is 0 Å². The SMILES string of the molecule is C[C@@H]1CC(=O)[C@@H]2CCCCCCCCC[C@]2(O)C1. The van der Waals surface area contributed by atoms with E-state index >= 15 is 0 Å². The van der Waals surface area contributed by atoms with Crippen LogP contribution in [-0.4, -0.2) is 16.5 Å². The van der Waals surface area contributed by atoms with Gasteiger partial charge in [0.1, 0.15) is 5.78 Å². The molecule has 2 nitrogen and oxygen atoms in total. The van der Waals surface area contributed by atoms with E-state index in [0.717, 1.165) is 32.1 Å². The van der Waals surface area contributed by atoms with E-state index in [1.807, 2.05) is 0 Å². The molecular formula is C16H28O2. The van der Waals surface area contributed by atoms with Gasteiger partial charge < -0.3 is 5.11 Å². The summed E-state index contributed by atoms with van der Waals surface area (Å²) in [6, 6.07) is 0. The van der Waals surface area contributed by atoms with E-state index < -0.39 is 5.60 Å². The molecule has 0 radical (unpaired) electrons. The number of rotatable bonds is 0. The Kier molecular flexibility index (Phi) is 4.83. The van der Waals surface area contributed by atoms with Gasteiger partial charge in [-0.15, -0.1) is 0 Å². The highest BCUT2D eigenvalue weighted by Gasteiger charge is 2.45. The largest absolute Gasteiger partial charge is 0.389 e. The Balaban J connectivity index is 2.08. The van der Waals surface area contributed by atoms with Crippen molar-refractivity contribution in [2.45, 2.75) is 83.2 Å². The first-order valence-corrected chi connectivity index (χ1v) is 7.87. The number of ketones is 1. The van der Waals surface area contributed by atoms with Crippen LogP contribution in [0.25, 0.3) is 0 Å². The highest BCUT2D eigenvalue weighted by Crippen LogP contribution is 2.41. The van der Waals surface area contributed by atoms with Crippen LogP contribution < -0.4 is 0 Å². The first kappa shape index (κ1) is 14.0. The average Bonchev–Trinajstić information content (AvgIpc) is 2.32. The van der Waals surface area contributed by atoms with Crippen molar-refractivity contribution in [3.63, 3.8) is 0 Å². The van der Waals surface area contributed by atoms with Crippen LogP contribution in [0.4, 0.5) is 0 Å². The molecule has 0 aliphatic heterocycles. The van der Waals surface area contributed by atoms with E-state index in [1.165, 1.54) is 32.1 Å². The predicted molar refractivity (Wildman–Crippen MR) is 73.4 cm³/mol. The average molecular weight is 252 g/mol. The zero-order valence-electron chi connectivity index (χ0n) is 11.8. The van der Waals surface area contributed by atoms with Crippen LogP contribution in [0.15, 0.2) is 0 Å². The fraction of sp³-hybridized carbons (Fsp3) is 0.938. The number of carbonyl (C=O) groups excluding carboxylic acids is 1. The van der Waals surface area contributed by atoms with Crippen molar-refractivity contribution in [2.75, 3.05) is 0 Å². The molecule has 2 aliphatic carbocycles. The third-order valence-corrected chi connectivity index (χ3v) is 4.89. The molecule has 18 heavy (non-hydrogen) atoms. The Hall–Kier alpha value is -0.370. The molecule has 2 rings (SSSR count). The van der Waals surface area contributed by atoms with Gasteiger partial charge in [0.25, 0.3) is 0 Å². The van der Waals surface area contributed by atoms with Crippen molar-refractivity contribution in [1.29, 1.82) is 0 Å². The molecule has 0 amide bonds. The molecule has 0 spiro atoms. The summed E-state index contributed by atoms with van der Waals surface area (Å²) in [7, 11) is 0. The molecule has 1 N–H and O–H groups in total. The molecule has 0 aromatic heterocycles. The minimum Gasteiger partial charge on any atom is -0.389 e. The maximum Gasteiger partial charge on any atom is 0.139 e. The molecule has 0 saturated heterocycles. The molecule has 0 bridgehead atoms. The van der Waals surface area contributed by atoms with Gasteiger partial charge in [-0.3, -0.25) is 4.79 Å². The van der Waals surface area contributed by atoms with Crippen molar-refractivity contribution < 1.29 is 9.90 Å². The Morgan fingerprint density at radius 3 is 2.39 bits per heavy atom. The second kappa shape index (κ2) is 6.18. The highest BCUT2D eigenvalue weighted by atomic mass is 16.3. The first-order chi connectivity index (χ1) is 8.62. The van der Waals surface area contributed by atoms with E-state index in [2.05, 4.69) is 6.92 Å². The van der Waals surface area contributed by atoms with Crippen LogP contribution in [0.3, 0.4) is 0 Å². The van der Waals surface area contributed by atoms with Crippen molar-refractivity contribution in [3.8, 4) is 0 Å². The molecule has 2 fully saturated rings. The molecule has 0 aromatic carbocycles. The zero-order chi connectivity index (χ0) is 13.0. The van der Waals surface area contributed by atoms with Gasteiger partial charge in [-0.25, -0.2) is 0 Å².